The molecular weight excluding hydrogens is 493 g/mol. The van der Waals surface area contributed by atoms with Crippen LogP contribution in [0.15, 0.2) is 82.6 Å². The first kappa shape index (κ1) is 24.2. The number of aryl methyl sites for hydroxylation is 1. The van der Waals surface area contributed by atoms with Crippen LogP contribution in [0.2, 0.25) is 5.02 Å². The minimum Gasteiger partial charge on any atom is -0.383 e. The highest BCUT2D eigenvalue weighted by molar-refractivity contribution is 7.91. The van der Waals surface area contributed by atoms with Crippen molar-refractivity contribution in [1.82, 2.24) is 9.78 Å². The minimum atomic E-state index is -4.08. The van der Waals surface area contributed by atoms with Gasteiger partial charge in [-0.15, -0.1) is 0 Å². The number of anilines is 4. The fourth-order valence-electron chi connectivity index (χ4n) is 3.41. The predicted octanol–water partition coefficient (Wildman–Crippen LogP) is 4.78. The number of nitrogens with two attached hydrogens (primary N) is 1. The molecule has 0 bridgehead atoms. The molecule has 1 heterocycles. The van der Waals surface area contributed by atoms with Gasteiger partial charge in [0.25, 0.3) is 0 Å². The van der Waals surface area contributed by atoms with Crippen molar-refractivity contribution >= 4 is 50.4 Å². The highest BCUT2D eigenvalue weighted by Crippen LogP contribution is 2.34. The van der Waals surface area contributed by atoms with Crippen molar-refractivity contribution in [3.8, 4) is 0 Å². The summed E-state index contributed by atoms with van der Waals surface area (Å²) in [7, 11) is -4.08. The molecule has 0 radical (unpaired) electrons. The Morgan fingerprint density at radius 1 is 1.06 bits per heavy atom. The zero-order valence-corrected chi connectivity index (χ0v) is 20.1. The lowest BCUT2D eigenvalue weighted by Gasteiger charge is -2.09. The number of carbonyl (C=O) groups is 1. The number of carbonyl (C=O) groups excluding carboxylic acids is 1. The quantitative estimate of drug-likeness (QED) is 0.327. The van der Waals surface area contributed by atoms with Crippen molar-refractivity contribution in [3.63, 3.8) is 0 Å². The molecule has 0 spiro atoms. The van der Waals surface area contributed by atoms with Crippen LogP contribution in [0.3, 0.4) is 0 Å². The monoisotopic (exact) mass is 513 g/mol. The maximum atomic E-state index is 13.5. The first-order valence-electron chi connectivity index (χ1n) is 10.4. The lowest BCUT2D eigenvalue weighted by Crippen LogP contribution is -2.21. The van der Waals surface area contributed by atoms with E-state index in [0.717, 1.165) is 16.3 Å². The molecule has 4 rings (SSSR count). The summed E-state index contributed by atoms with van der Waals surface area (Å²) in [5, 5.41) is 9.71. The van der Waals surface area contributed by atoms with Crippen LogP contribution in [0.25, 0.3) is 0 Å². The van der Waals surface area contributed by atoms with Gasteiger partial charge in [-0.2, -0.15) is 5.10 Å². The molecule has 0 saturated carbocycles. The van der Waals surface area contributed by atoms with E-state index >= 15 is 0 Å². The number of sulfone groups is 1. The number of nitrogens with zero attached hydrogens (tertiary/aromatic N) is 2. The van der Waals surface area contributed by atoms with Crippen molar-refractivity contribution in [2.75, 3.05) is 16.4 Å². The Morgan fingerprint density at radius 3 is 2.49 bits per heavy atom. The molecule has 4 N–H and O–H groups in total. The third-order valence-electron chi connectivity index (χ3n) is 5.05. The van der Waals surface area contributed by atoms with Gasteiger partial charge in [-0.25, -0.2) is 17.5 Å². The van der Waals surface area contributed by atoms with E-state index in [-0.39, 0.29) is 32.1 Å². The summed E-state index contributed by atoms with van der Waals surface area (Å²) in [6, 6.07) is 18.8. The Labute approximate surface area is 206 Å². The van der Waals surface area contributed by atoms with Gasteiger partial charge in [0.05, 0.1) is 9.92 Å². The number of hydrogen-bond acceptors (Lipinski definition) is 6. The average molecular weight is 514 g/mol. The lowest BCUT2D eigenvalue weighted by molar-refractivity contribution is -0.116. The summed E-state index contributed by atoms with van der Waals surface area (Å²) in [5.41, 5.74) is 8.05. The number of benzene rings is 3. The number of hydrogen-bond donors (Lipinski definition) is 3. The van der Waals surface area contributed by atoms with Gasteiger partial charge in [-0.3, -0.25) is 4.79 Å². The number of nitrogen functional groups attached to an aromatic ring is 1. The summed E-state index contributed by atoms with van der Waals surface area (Å²) >= 11 is 5.76. The number of halogens is 2. The van der Waals surface area contributed by atoms with Gasteiger partial charge in [0, 0.05) is 11.4 Å². The van der Waals surface area contributed by atoms with E-state index in [0.29, 0.717) is 5.69 Å². The van der Waals surface area contributed by atoms with Gasteiger partial charge in [0.2, 0.25) is 15.7 Å². The topological polar surface area (TPSA) is 119 Å². The average Bonchev–Trinajstić information content (AvgIpc) is 3.11. The first-order chi connectivity index (χ1) is 16.6. The second-order valence-corrected chi connectivity index (χ2v) is 10.0. The lowest BCUT2D eigenvalue weighted by atomic mass is 10.2. The van der Waals surface area contributed by atoms with E-state index in [1.54, 1.807) is 24.3 Å². The molecule has 0 aliphatic heterocycles. The summed E-state index contributed by atoms with van der Waals surface area (Å²) in [6.45, 7) is 1.50. The second-order valence-electron chi connectivity index (χ2n) is 7.71. The molecule has 11 heteroatoms. The molecule has 35 heavy (non-hydrogen) atoms. The Kier molecular flexibility index (Phi) is 6.77. The maximum Gasteiger partial charge on any atom is 0.246 e. The van der Waals surface area contributed by atoms with Crippen molar-refractivity contribution in [2.24, 2.45) is 0 Å². The molecule has 0 atom stereocenters. The van der Waals surface area contributed by atoms with E-state index in [2.05, 4.69) is 15.7 Å². The molecule has 1 amide bonds. The zero-order chi connectivity index (χ0) is 25.2. The third-order valence-corrected chi connectivity index (χ3v) is 7.17. The standard InChI is InChI=1S/C24H21ClFN5O3S/c1-15-6-5-7-16(12-15)29-24-22(35(33,34)18-8-3-2-4-9-18)23(27)31(30-24)14-21(32)28-17-10-11-20(26)19(25)13-17/h2-13H,14,27H2,1H3,(H,28,32)(H,29,30). The molecule has 1 aromatic heterocycles. The molecule has 0 fully saturated rings. The molecule has 3 aromatic carbocycles. The van der Waals surface area contributed by atoms with Crippen LogP contribution in [0, 0.1) is 12.7 Å². The smallest absolute Gasteiger partial charge is 0.246 e. The molecule has 0 unspecified atom stereocenters. The summed E-state index contributed by atoms with van der Waals surface area (Å²) in [4.78, 5) is 12.4. The molecule has 180 valence electrons. The predicted molar refractivity (Wildman–Crippen MR) is 133 cm³/mol. The van der Waals surface area contributed by atoms with Crippen LogP contribution < -0.4 is 16.4 Å². The molecule has 0 aliphatic carbocycles. The van der Waals surface area contributed by atoms with Crippen LogP contribution in [0.4, 0.5) is 27.4 Å². The highest BCUT2D eigenvalue weighted by Gasteiger charge is 2.30. The Hall–Kier alpha value is -3.89. The summed E-state index contributed by atoms with van der Waals surface area (Å²) in [5.74, 6) is -1.41. The van der Waals surface area contributed by atoms with Crippen molar-refractivity contribution in [3.05, 3.63) is 89.2 Å². The van der Waals surface area contributed by atoms with Crippen LogP contribution >= 0.6 is 11.6 Å². The third kappa shape index (κ3) is 5.28. The molecule has 0 aliphatic rings. The highest BCUT2D eigenvalue weighted by atomic mass is 35.5. The van der Waals surface area contributed by atoms with E-state index in [4.69, 9.17) is 17.3 Å². The second kappa shape index (κ2) is 9.77. The van der Waals surface area contributed by atoms with E-state index in [1.807, 2.05) is 25.1 Å². The van der Waals surface area contributed by atoms with Crippen LogP contribution in [-0.2, 0) is 21.2 Å². The fraction of sp³-hybridized carbons (Fsp3) is 0.0833. The van der Waals surface area contributed by atoms with Gasteiger partial charge in [-0.1, -0.05) is 41.9 Å². The number of nitrogens with one attached hydrogen (secondary N) is 2. The van der Waals surface area contributed by atoms with Gasteiger partial charge in [0.1, 0.15) is 18.2 Å². The molecule has 0 saturated heterocycles. The Balaban J connectivity index is 1.71. The normalized spacial score (nSPS) is 11.3. The first-order valence-corrected chi connectivity index (χ1v) is 12.3. The maximum absolute atomic E-state index is 13.5. The van der Waals surface area contributed by atoms with E-state index < -0.39 is 28.1 Å². The number of rotatable bonds is 7. The van der Waals surface area contributed by atoms with Crippen LogP contribution in [-0.4, -0.2) is 24.1 Å². The summed E-state index contributed by atoms with van der Waals surface area (Å²) < 4.78 is 41.4. The number of amides is 1. The fourth-order valence-corrected chi connectivity index (χ4v) is 5.07. The van der Waals surface area contributed by atoms with Gasteiger partial charge in [-0.05, 0) is 55.0 Å². The van der Waals surface area contributed by atoms with Gasteiger partial charge >= 0.3 is 0 Å². The molecular formula is C24H21ClFN5O3S. The SMILES string of the molecule is Cc1cccc(Nc2nn(CC(=O)Nc3ccc(F)c(Cl)c3)c(N)c2S(=O)(=O)c2ccccc2)c1. The van der Waals surface area contributed by atoms with Gasteiger partial charge < -0.3 is 16.4 Å². The van der Waals surface area contributed by atoms with Crippen molar-refractivity contribution in [1.29, 1.82) is 0 Å². The Morgan fingerprint density at radius 2 is 1.80 bits per heavy atom. The molecule has 8 nitrogen and oxygen atoms in total. The minimum absolute atomic E-state index is 0.0189. The van der Waals surface area contributed by atoms with Crippen LogP contribution in [0.5, 0.6) is 0 Å². The van der Waals surface area contributed by atoms with Crippen molar-refractivity contribution < 1.29 is 17.6 Å². The van der Waals surface area contributed by atoms with Gasteiger partial charge in [0.15, 0.2) is 10.7 Å². The summed E-state index contributed by atoms with van der Waals surface area (Å²) in [6.07, 6.45) is 0. The largest absolute Gasteiger partial charge is 0.383 e. The zero-order valence-electron chi connectivity index (χ0n) is 18.5. The molecule has 4 aromatic rings. The van der Waals surface area contributed by atoms with E-state index in [9.17, 15) is 17.6 Å². The van der Waals surface area contributed by atoms with E-state index in [1.165, 1.54) is 24.3 Å². The Bertz CT molecular complexity index is 1510. The number of aromatic nitrogens is 2. The van der Waals surface area contributed by atoms with Crippen molar-refractivity contribution in [2.45, 2.75) is 23.3 Å². The van der Waals surface area contributed by atoms with Crippen LogP contribution in [0.1, 0.15) is 5.56 Å².